The first kappa shape index (κ1) is 19.0. The number of furan rings is 1. The van der Waals surface area contributed by atoms with E-state index in [-0.39, 0.29) is 5.91 Å². The van der Waals surface area contributed by atoms with E-state index in [4.69, 9.17) is 4.42 Å². The van der Waals surface area contributed by atoms with Crippen molar-refractivity contribution in [2.45, 2.75) is 25.9 Å². The van der Waals surface area contributed by atoms with E-state index in [1.165, 1.54) is 31.5 Å². The van der Waals surface area contributed by atoms with Crippen LogP contribution in [0.5, 0.6) is 0 Å². The predicted octanol–water partition coefficient (Wildman–Crippen LogP) is 5.08. The Labute approximate surface area is 179 Å². The van der Waals surface area contributed by atoms with E-state index >= 15 is 0 Å². The number of nitrogens with zero attached hydrogens (tertiary/aromatic N) is 2. The molecule has 2 aromatic carbocycles. The van der Waals surface area contributed by atoms with E-state index in [1.807, 2.05) is 24.3 Å². The predicted molar refractivity (Wildman–Crippen MR) is 119 cm³/mol. The van der Waals surface area contributed by atoms with Gasteiger partial charge in [-0.1, -0.05) is 36.4 Å². The summed E-state index contributed by atoms with van der Waals surface area (Å²) in [4.78, 5) is 19.6. The molecule has 0 spiro atoms. The van der Waals surface area contributed by atoms with Crippen molar-refractivity contribution in [3.8, 4) is 10.8 Å². The number of hydrogen-bond donors (Lipinski definition) is 1. The SMILES string of the molecule is O=C(NCc1ccc(CN2CCCC2)cc1)c1ccc(-c2nc3ccccc3s2)o1. The van der Waals surface area contributed by atoms with E-state index in [0.29, 0.717) is 18.1 Å². The maximum Gasteiger partial charge on any atom is 0.287 e. The van der Waals surface area contributed by atoms with Gasteiger partial charge >= 0.3 is 0 Å². The Morgan fingerprint density at radius 1 is 1.00 bits per heavy atom. The van der Waals surface area contributed by atoms with Crippen LogP contribution in [0.15, 0.2) is 65.1 Å². The number of benzene rings is 2. The van der Waals surface area contributed by atoms with Gasteiger partial charge in [0.25, 0.3) is 5.91 Å². The summed E-state index contributed by atoms with van der Waals surface area (Å²) in [5, 5.41) is 3.72. The smallest absolute Gasteiger partial charge is 0.287 e. The Balaban J connectivity index is 1.19. The summed E-state index contributed by atoms with van der Waals surface area (Å²) < 4.78 is 6.87. The van der Waals surface area contributed by atoms with Crippen molar-refractivity contribution in [3.63, 3.8) is 0 Å². The number of amides is 1. The van der Waals surface area contributed by atoms with E-state index < -0.39 is 0 Å². The number of nitrogens with one attached hydrogen (secondary N) is 1. The molecule has 1 fully saturated rings. The fourth-order valence-electron chi connectivity index (χ4n) is 3.78. The minimum absolute atomic E-state index is 0.219. The monoisotopic (exact) mass is 417 g/mol. The molecule has 0 saturated carbocycles. The fourth-order valence-corrected chi connectivity index (χ4v) is 4.71. The van der Waals surface area contributed by atoms with E-state index in [0.717, 1.165) is 27.3 Å². The normalized spacial score (nSPS) is 14.4. The Morgan fingerprint density at radius 2 is 1.77 bits per heavy atom. The second-order valence-corrected chi connectivity index (χ2v) is 8.66. The van der Waals surface area contributed by atoms with Crippen molar-refractivity contribution < 1.29 is 9.21 Å². The van der Waals surface area contributed by atoms with Gasteiger partial charge in [0.05, 0.1) is 10.2 Å². The van der Waals surface area contributed by atoms with Crippen molar-refractivity contribution in [2.75, 3.05) is 13.1 Å². The van der Waals surface area contributed by atoms with Gasteiger partial charge in [-0.05, 0) is 61.3 Å². The standard InChI is InChI=1S/C24H23N3O2S/c28-23(25-15-17-7-9-18(10-8-17)16-27-13-3-4-14-27)20-11-12-21(29-20)24-26-19-5-1-2-6-22(19)30-24/h1-2,5-12H,3-4,13-16H2,(H,25,28). The van der Waals surface area contributed by atoms with Crippen LogP contribution in [0.1, 0.15) is 34.5 Å². The highest BCUT2D eigenvalue weighted by atomic mass is 32.1. The first-order valence-corrected chi connectivity index (χ1v) is 11.1. The first-order valence-electron chi connectivity index (χ1n) is 10.3. The van der Waals surface area contributed by atoms with Crippen LogP contribution >= 0.6 is 11.3 Å². The second-order valence-electron chi connectivity index (χ2n) is 7.63. The molecule has 0 atom stereocenters. The van der Waals surface area contributed by atoms with Crippen LogP contribution in [0, 0.1) is 0 Å². The van der Waals surface area contributed by atoms with Gasteiger partial charge in [-0.2, -0.15) is 0 Å². The number of carbonyl (C=O) groups excluding carboxylic acids is 1. The largest absolute Gasteiger partial charge is 0.448 e. The zero-order valence-electron chi connectivity index (χ0n) is 16.6. The van der Waals surface area contributed by atoms with Crippen LogP contribution in [-0.4, -0.2) is 28.9 Å². The number of para-hydroxylation sites is 1. The molecule has 3 heterocycles. The molecule has 0 unspecified atom stereocenters. The summed E-state index contributed by atoms with van der Waals surface area (Å²) in [6, 6.07) is 19.9. The van der Waals surface area contributed by atoms with Gasteiger partial charge in [-0.15, -0.1) is 11.3 Å². The summed E-state index contributed by atoms with van der Waals surface area (Å²) in [6.45, 7) is 3.87. The number of hydrogen-bond acceptors (Lipinski definition) is 5. The highest BCUT2D eigenvalue weighted by molar-refractivity contribution is 7.21. The molecule has 1 aliphatic heterocycles. The van der Waals surface area contributed by atoms with Crippen molar-refractivity contribution in [1.82, 2.24) is 15.2 Å². The minimum atomic E-state index is -0.219. The van der Waals surface area contributed by atoms with Gasteiger partial charge in [0.15, 0.2) is 16.5 Å². The summed E-state index contributed by atoms with van der Waals surface area (Å²) in [6.07, 6.45) is 2.61. The summed E-state index contributed by atoms with van der Waals surface area (Å²) >= 11 is 1.56. The lowest BCUT2D eigenvalue weighted by molar-refractivity contribution is 0.0924. The molecule has 152 valence electrons. The highest BCUT2D eigenvalue weighted by Crippen LogP contribution is 2.31. The number of aromatic nitrogens is 1. The molecule has 0 radical (unpaired) electrons. The lowest BCUT2D eigenvalue weighted by Gasteiger charge is -2.14. The van der Waals surface area contributed by atoms with Crippen molar-refractivity contribution in [1.29, 1.82) is 0 Å². The van der Waals surface area contributed by atoms with Gasteiger partial charge < -0.3 is 9.73 Å². The average Bonchev–Trinajstić information content (AvgIpc) is 3.53. The quantitative estimate of drug-likeness (QED) is 0.475. The molecule has 5 nitrogen and oxygen atoms in total. The second kappa shape index (κ2) is 8.42. The Hall–Kier alpha value is -2.96. The highest BCUT2D eigenvalue weighted by Gasteiger charge is 2.15. The molecule has 2 aromatic heterocycles. The van der Waals surface area contributed by atoms with Crippen LogP contribution < -0.4 is 5.32 Å². The third-order valence-corrected chi connectivity index (χ3v) is 6.47. The van der Waals surface area contributed by atoms with Crippen molar-refractivity contribution in [2.24, 2.45) is 0 Å². The minimum Gasteiger partial charge on any atom is -0.448 e. The van der Waals surface area contributed by atoms with Gasteiger partial charge in [0.2, 0.25) is 0 Å². The molecule has 6 heteroatoms. The van der Waals surface area contributed by atoms with E-state index in [2.05, 4.69) is 39.5 Å². The molecular weight excluding hydrogens is 394 g/mol. The molecule has 4 aromatic rings. The lowest BCUT2D eigenvalue weighted by Crippen LogP contribution is -2.22. The number of rotatable bonds is 6. The lowest BCUT2D eigenvalue weighted by atomic mass is 10.1. The van der Waals surface area contributed by atoms with Crippen LogP contribution in [0.25, 0.3) is 21.0 Å². The van der Waals surface area contributed by atoms with Crippen LogP contribution in [0.2, 0.25) is 0 Å². The van der Waals surface area contributed by atoms with Gasteiger partial charge in [0.1, 0.15) is 0 Å². The molecule has 0 bridgehead atoms. The Morgan fingerprint density at radius 3 is 2.57 bits per heavy atom. The van der Waals surface area contributed by atoms with Gasteiger partial charge in [0, 0.05) is 13.1 Å². The summed E-state index contributed by atoms with van der Waals surface area (Å²) in [5.41, 5.74) is 3.33. The van der Waals surface area contributed by atoms with Gasteiger partial charge in [-0.3, -0.25) is 9.69 Å². The number of fused-ring (bicyclic) bond motifs is 1. The molecular formula is C24H23N3O2S. The van der Waals surface area contributed by atoms with Crippen LogP contribution in [0.4, 0.5) is 0 Å². The Bertz CT molecular complexity index is 1120. The third kappa shape index (κ3) is 4.15. The van der Waals surface area contributed by atoms with Crippen molar-refractivity contribution in [3.05, 3.63) is 77.6 Å². The zero-order valence-corrected chi connectivity index (χ0v) is 17.5. The van der Waals surface area contributed by atoms with Gasteiger partial charge in [-0.25, -0.2) is 4.98 Å². The van der Waals surface area contributed by atoms with E-state index in [1.54, 1.807) is 23.5 Å². The fraction of sp³-hybridized carbons (Fsp3) is 0.250. The molecule has 1 aliphatic rings. The van der Waals surface area contributed by atoms with Crippen molar-refractivity contribution >= 4 is 27.5 Å². The number of likely N-dealkylation sites (tertiary alicyclic amines) is 1. The topological polar surface area (TPSA) is 58.4 Å². The third-order valence-electron chi connectivity index (χ3n) is 5.42. The zero-order chi connectivity index (χ0) is 20.3. The molecule has 30 heavy (non-hydrogen) atoms. The molecule has 1 amide bonds. The molecule has 1 saturated heterocycles. The molecule has 1 N–H and O–H groups in total. The maximum atomic E-state index is 12.5. The van der Waals surface area contributed by atoms with E-state index in [9.17, 15) is 4.79 Å². The first-order chi connectivity index (χ1) is 14.7. The summed E-state index contributed by atoms with van der Waals surface area (Å²) in [7, 11) is 0. The molecule has 5 rings (SSSR count). The van der Waals surface area contributed by atoms with Crippen LogP contribution in [0.3, 0.4) is 0 Å². The number of thiazole rings is 1. The maximum absolute atomic E-state index is 12.5. The molecule has 0 aliphatic carbocycles. The summed E-state index contributed by atoms with van der Waals surface area (Å²) in [5.74, 6) is 0.700. The average molecular weight is 418 g/mol. The Kier molecular flexibility index (Phi) is 5.34. The van der Waals surface area contributed by atoms with Crippen LogP contribution in [-0.2, 0) is 13.1 Å². The number of carbonyl (C=O) groups is 1.